The molecule has 0 aliphatic carbocycles. The molecule has 4 rings (SSSR count). The van der Waals surface area contributed by atoms with E-state index in [2.05, 4.69) is 0 Å². The van der Waals surface area contributed by atoms with E-state index in [-0.39, 0.29) is 5.56 Å². The fraction of sp³-hybridized carbons (Fsp3) is 0.240. The summed E-state index contributed by atoms with van der Waals surface area (Å²) in [5.74, 6) is -0.427. The molecule has 3 aromatic carbocycles. The van der Waals surface area contributed by atoms with Crippen LogP contribution >= 0.6 is 0 Å². The summed E-state index contributed by atoms with van der Waals surface area (Å²) in [6.07, 6.45) is -2.91. The number of nitrogens with one attached hydrogen (secondary N) is 1. The Morgan fingerprint density at radius 2 is 1.71 bits per heavy atom. The standard InChI is InChI=1S/C25H22F3NO4S/c1-24(16-17-7-3-2-4-8-17)14-13-18-15-19(11-12-21(18)33-24)23(30)29-34(31,32)22-10-6-5-9-20(22)25(26,27)28/h2-12,15H,13-14,16H2,1H3,(H,29,30)/t24-/m0/s1. The van der Waals surface area contributed by atoms with Crippen LogP contribution in [0.2, 0.25) is 0 Å². The van der Waals surface area contributed by atoms with Gasteiger partial charge in [-0.1, -0.05) is 42.5 Å². The summed E-state index contributed by atoms with van der Waals surface area (Å²) >= 11 is 0. The summed E-state index contributed by atoms with van der Waals surface area (Å²) in [4.78, 5) is 11.6. The Bertz CT molecular complexity index is 1320. The van der Waals surface area contributed by atoms with E-state index in [1.165, 1.54) is 12.1 Å². The second kappa shape index (κ2) is 8.79. The number of rotatable bonds is 5. The number of halogens is 3. The van der Waals surface area contributed by atoms with Crippen molar-refractivity contribution >= 4 is 15.9 Å². The van der Waals surface area contributed by atoms with E-state index in [0.29, 0.717) is 31.1 Å². The van der Waals surface area contributed by atoms with Gasteiger partial charge >= 0.3 is 6.18 Å². The highest BCUT2D eigenvalue weighted by molar-refractivity contribution is 7.90. The van der Waals surface area contributed by atoms with Crippen LogP contribution in [0.15, 0.2) is 77.7 Å². The van der Waals surface area contributed by atoms with E-state index in [0.717, 1.165) is 29.3 Å². The number of alkyl halides is 3. The van der Waals surface area contributed by atoms with E-state index in [9.17, 15) is 26.4 Å². The molecule has 1 heterocycles. The molecule has 5 nitrogen and oxygen atoms in total. The van der Waals surface area contributed by atoms with Gasteiger partial charge in [-0.2, -0.15) is 13.2 Å². The van der Waals surface area contributed by atoms with Gasteiger partial charge in [0.1, 0.15) is 11.4 Å². The average molecular weight is 490 g/mol. The van der Waals surface area contributed by atoms with Gasteiger partial charge in [-0.15, -0.1) is 0 Å². The molecule has 0 spiro atoms. The van der Waals surface area contributed by atoms with E-state index in [1.54, 1.807) is 10.8 Å². The van der Waals surface area contributed by atoms with Crippen molar-refractivity contribution in [1.29, 1.82) is 0 Å². The highest BCUT2D eigenvalue weighted by atomic mass is 32.2. The first-order valence-electron chi connectivity index (χ1n) is 10.6. The Balaban J connectivity index is 1.52. The molecule has 9 heteroatoms. The van der Waals surface area contributed by atoms with Crippen LogP contribution in [0.25, 0.3) is 0 Å². The van der Waals surface area contributed by atoms with Gasteiger partial charge in [0.25, 0.3) is 15.9 Å². The van der Waals surface area contributed by atoms with Crippen molar-refractivity contribution in [2.45, 2.75) is 42.9 Å². The maximum Gasteiger partial charge on any atom is 0.417 e. The van der Waals surface area contributed by atoms with Gasteiger partial charge < -0.3 is 4.74 Å². The number of carbonyl (C=O) groups excluding carboxylic acids is 1. The van der Waals surface area contributed by atoms with Gasteiger partial charge in [-0.05, 0) is 61.2 Å². The summed E-state index contributed by atoms with van der Waals surface area (Å²) in [5, 5.41) is 0. The number of hydrogen-bond acceptors (Lipinski definition) is 4. The maximum atomic E-state index is 13.2. The Kier molecular flexibility index (Phi) is 6.16. The van der Waals surface area contributed by atoms with E-state index < -0.39 is 38.2 Å². The first kappa shape index (κ1) is 23.8. The zero-order chi connectivity index (χ0) is 24.6. The molecule has 178 valence electrons. The molecule has 3 aromatic rings. The minimum absolute atomic E-state index is 0.0158. The number of sulfonamides is 1. The molecule has 1 N–H and O–H groups in total. The SMILES string of the molecule is C[C@@]1(Cc2ccccc2)CCc2cc(C(=O)NS(=O)(=O)c3ccccc3C(F)(F)F)ccc2O1. The van der Waals surface area contributed by atoms with Crippen LogP contribution in [-0.2, 0) is 29.0 Å². The molecular formula is C25H22F3NO4S. The molecule has 0 bridgehead atoms. The minimum Gasteiger partial charge on any atom is -0.487 e. The van der Waals surface area contributed by atoms with Crippen molar-refractivity contribution in [3.05, 3.63) is 95.1 Å². The fourth-order valence-electron chi connectivity index (χ4n) is 4.05. The lowest BCUT2D eigenvalue weighted by Crippen LogP contribution is -2.38. The van der Waals surface area contributed by atoms with Crippen molar-refractivity contribution in [3.8, 4) is 5.75 Å². The molecule has 1 amide bonds. The number of benzene rings is 3. The quantitative estimate of drug-likeness (QED) is 0.538. The molecule has 0 radical (unpaired) electrons. The lowest BCUT2D eigenvalue weighted by atomic mass is 9.87. The van der Waals surface area contributed by atoms with E-state index in [4.69, 9.17) is 4.74 Å². The Labute approximate surface area is 195 Å². The van der Waals surface area contributed by atoms with E-state index in [1.807, 2.05) is 37.3 Å². The third-order valence-corrected chi connectivity index (χ3v) is 7.12. The van der Waals surface area contributed by atoms with Gasteiger partial charge in [0, 0.05) is 12.0 Å². The summed E-state index contributed by atoms with van der Waals surface area (Å²) in [6.45, 7) is 2.01. The fourth-order valence-corrected chi connectivity index (χ4v) is 5.26. The van der Waals surface area contributed by atoms with Crippen LogP contribution in [0.4, 0.5) is 13.2 Å². The van der Waals surface area contributed by atoms with Gasteiger partial charge in [-0.25, -0.2) is 13.1 Å². The molecule has 0 saturated carbocycles. The summed E-state index contributed by atoms with van der Waals surface area (Å²) in [5.41, 5.74) is 0.0944. The first-order valence-corrected chi connectivity index (χ1v) is 12.0. The second-order valence-corrected chi connectivity index (χ2v) is 10.1. The lowest BCUT2D eigenvalue weighted by Gasteiger charge is -2.36. The van der Waals surface area contributed by atoms with Crippen LogP contribution in [0.5, 0.6) is 5.75 Å². The summed E-state index contributed by atoms with van der Waals surface area (Å²) in [6, 6.07) is 18.1. The van der Waals surface area contributed by atoms with Crippen molar-refractivity contribution in [3.63, 3.8) is 0 Å². The molecule has 1 aliphatic heterocycles. The molecule has 0 fully saturated rings. The number of aryl methyl sites for hydroxylation is 1. The molecule has 0 unspecified atom stereocenters. The van der Waals surface area contributed by atoms with Gasteiger partial charge in [0.2, 0.25) is 0 Å². The van der Waals surface area contributed by atoms with E-state index >= 15 is 0 Å². The Morgan fingerprint density at radius 1 is 1.03 bits per heavy atom. The van der Waals surface area contributed by atoms with Crippen LogP contribution in [0.1, 0.15) is 40.4 Å². The number of amides is 1. The van der Waals surface area contributed by atoms with Crippen molar-refractivity contribution in [2.24, 2.45) is 0 Å². The number of hydrogen-bond donors (Lipinski definition) is 1. The highest BCUT2D eigenvalue weighted by Gasteiger charge is 2.37. The van der Waals surface area contributed by atoms with Crippen LogP contribution in [-0.4, -0.2) is 19.9 Å². The van der Waals surface area contributed by atoms with Crippen molar-refractivity contribution in [1.82, 2.24) is 4.72 Å². The monoisotopic (exact) mass is 489 g/mol. The Morgan fingerprint density at radius 3 is 2.41 bits per heavy atom. The minimum atomic E-state index is -4.88. The summed E-state index contributed by atoms with van der Waals surface area (Å²) in [7, 11) is -4.75. The molecule has 0 saturated heterocycles. The van der Waals surface area contributed by atoms with Crippen LogP contribution in [0, 0.1) is 0 Å². The molecular weight excluding hydrogens is 467 g/mol. The zero-order valence-electron chi connectivity index (χ0n) is 18.2. The average Bonchev–Trinajstić information content (AvgIpc) is 2.78. The third kappa shape index (κ3) is 5.09. The molecule has 34 heavy (non-hydrogen) atoms. The Hall–Kier alpha value is -3.33. The lowest BCUT2D eigenvalue weighted by molar-refractivity contribution is -0.139. The van der Waals surface area contributed by atoms with Gasteiger partial charge in [0.05, 0.1) is 10.5 Å². The zero-order valence-corrected chi connectivity index (χ0v) is 19.0. The molecule has 0 aromatic heterocycles. The number of carbonyl (C=O) groups is 1. The van der Waals surface area contributed by atoms with Crippen LogP contribution < -0.4 is 9.46 Å². The largest absolute Gasteiger partial charge is 0.487 e. The predicted molar refractivity (Wildman–Crippen MR) is 120 cm³/mol. The summed E-state index contributed by atoms with van der Waals surface area (Å²) < 4.78 is 72.8. The van der Waals surface area contributed by atoms with Crippen LogP contribution in [0.3, 0.4) is 0 Å². The van der Waals surface area contributed by atoms with Crippen molar-refractivity contribution in [2.75, 3.05) is 0 Å². The predicted octanol–water partition coefficient (Wildman–Crippen LogP) is 5.15. The first-order chi connectivity index (χ1) is 16.0. The maximum absolute atomic E-state index is 13.2. The van der Waals surface area contributed by atoms with Gasteiger partial charge in [0.15, 0.2) is 0 Å². The highest BCUT2D eigenvalue weighted by Crippen LogP contribution is 2.36. The second-order valence-electron chi connectivity index (χ2n) is 8.47. The molecule has 1 aliphatic rings. The third-order valence-electron chi connectivity index (χ3n) is 5.73. The topological polar surface area (TPSA) is 72.5 Å². The van der Waals surface area contributed by atoms with Crippen molar-refractivity contribution < 1.29 is 31.1 Å². The normalized spacial score (nSPS) is 18.0. The number of fused-ring (bicyclic) bond motifs is 1. The van der Waals surface area contributed by atoms with Gasteiger partial charge in [-0.3, -0.25) is 4.79 Å². The molecule has 1 atom stereocenters. The smallest absolute Gasteiger partial charge is 0.417 e. The number of ether oxygens (including phenoxy) is 1.